The number of aromatic nitrogens is 2. The first-order valence-electron chi connectivity index (χ1n) is 5.72. The van der Waals surface area contributed by atoms with Gasteiger partial charge in [0.05, 0.1) is 10.7 Å². The smallest absolute Gasteiger partial charge is 0.142 e. The highest BCUT2D eigenvalue weighted by atomic mass is 35.5. The second kappa shape index (κ2) is 5.12. The topological polar surface area (TPSA) is 43.8 Å². The maximum Gasteiger partial charge on any atom is 0.142 e. The molecule has 2 rings (SSSR count). The Morgan fingerprint density at radius 1 is 1.37 bits per heavy atom. The Hall–Kier alpha value is -1.10. The van der Waals surface area contributed by atoms with E-state index in [0.29, 0.717) is 17.0 Å². The average molecular weight is 302 g/mol. The van der Waals surface area contributed by atoms with Gasteiger partial charge in [-0.1, -0.05) is 23.2 Å². The average Bonchev–Trinajstić information content (AvgIpc) is 2.68. The van der Waals surface area contributed by atoms with Crippen molar-refractivity contribution in [3.8, 4) is 0 Å². The van der Waals surface area contributed by atoms with Crippen LogP contribution >= 0.6 is 23.2 Å². The molecule has 102 valence electrons. The summed E-state index contributed by atoms with van der Waals surface area (Å²) in [7, 11) is 1.83. The Morgan fingerprint density at radius 3 is 2.63 bits per heavy atom. The number of halogens is 3. The fourth-order valence-electron chi connectivity index (χ4n) is 1.99. The normalized spacial score (nSPS) is 14.4. The van der Waals surface area contributed by atoms with Crippen LogP contribution in [-0.2, 0) is 19.0 Å². The lowest BCUT2D eigenvalue weighted by atomic mass is 9.88. The van der Waals surface area contributed by atoms with E-state index in [9.17, 15) is 4.39 Å². The van der Waals surface area contributed by atoms with E-state index in [1.54, 1.807) is 11.6 Å². The molecule has 2 N–H and O–H groups in total. The Labute approximate surface area is 121 Å². The summed E-state index contributed by atoms with van der Waals surface area (Å²) in [5.74, 6) is -0.529. The predicted molar refractivity (Wildman–Crippen MR) is 74.9 cm³/mol. The van der Waals surface area contributed by atoms with Crippen molar-refractivity contribution in [3.05, 3.63) is 51.5 Å². The van der Waals surface area contributed by atoms with Gasteiger partial charge in [-0.2, -0.15) is 5.10 Å². The van der Waals surface area contributed by atoms with Crippen molar-refractivity contribution in [2.75, 3.05) is 0 Å². The van der Waals surface area contributed by atoms with E-state index in [-0.39, 0.29) is 5.02 Å². The van der Waals surface area contributed by atoms with Gasteiger partial charge in [0, 0.05) is 30.2 Å². The van der Waals surface area contributed by atoms with E-state index in [1.807, 2.05) is 19.3 Å². The number of nitrogens with zero attached hydrogens (tertiary/aromatic N) is 2. The molecule has 1 aromatic heterocycles. The van der Waals surface area contributed by atoms with Crippen LogP contribution in [0.2, 0.25) is 10.0 Å². The molecular weight excluding hydrogens is 288 g/mol. The van der Waals surface area contributed by atoms with Gasteiger partial charge in [0.25, 0.3) is 0 Å². The number of aryl methyl sites for hydroxylation is 1. The highest BCUT2D eigenvalue weighted by Gasteiger charge is 2.26. The predicted octanol–water partition coefficient (Wildman–Crippen LogP) is 3.28. The van der Waals surface area contributed by atoms with Gasteiger partial charge < -0.3 is 5.73 Å². The van der Waals surface area contributed by atoms with Crippen LogP contribution in [-0.4, -0.2) is 9.78 Å². The molecule has 0 saturated heterocycles. The summed E-state index contributed by atoms with van der Waals surface area (Å²) in [6.45, 7) is 1.79. The van der Waals surface area contributed by atoms with Crippen molar-refractivity contribution in [2.45, 2.75) is 18.9 Å². The molecule has 0 aliphatic heterocycles. The van der Waals surface area contributed by atoms with Crippen molar-refractivity contribution in [2.24, 2.45) is 12.8 Å². The molecule has 0 aliphatic rings. The molecule has 3 nitrogen and oxygen atoms in total. The van der Waals surface area contributed by atoms with E-state index >= 15 is 0 Å². The summed E-state index contributed by atoms with van der Waals surface area (Å²) in [5, 5.41) is 4.61. The number of nitrogens with two attached hydrogens (primary N) is 1. The molecule has 0 fully saturated rings. The monoisotopic (exact) mass is 301 g/mol. The maximum absolute atomic E-state index is 13.6. The number of benzene rings is 1. The SMILES string of the molecule is Cn1ccc(CC(C)(N)c2cc(F)c(Cl)cc2Cl)n1. The van der Waals surface area contributed by atoms with E-state index in [1.165, 1.54) is 12.1 Å². The van der Waals surface area contributed by atoms with E-state index in [2.05, 4.69) is 5.10 Å². The summed E-state index contributed by atoms with van der Waals surface area (Å²) in [6.07, 6.45) is 2.28. The fourth-order valence-corrected chi connectivity index (χ4v) is 2.59. The lowest BCUT2D eigenvalue weighted by Gasteiger charge is -2.25. The minimum atomic E-state index is -0.823. The van der Waals surface area contributed by atoms with Gasteiger partial charge in [-0.25, -0.2) is 4.39 Å². The zero-order valence-corrected chi connectivity index (χ0v) is 12.1. The molecule has 2 aromatic rings. The van der Waals surface area contributed by atoms with Crippen LogP contribution in [0, 0.1) is 5.82 Å². The highest BCUT2D eigenvalue weighted by Crippen LogP contribution is 2.32. The van der Waals surface area contributed by atoms with Crippen LogP contribution in [0.3, 0.4) is 0 Å². The van der Waals surface area contributed by atoms with Crippen LogP contribution in [0.4, 0.5) is 4.39 Å². The highest BCUT2D eigenvalue weighted by molar-refractivity contribution is 6.35. The van der Waals surface area contributed by atoms with Crippen LogP contribution in [0.15, 0.2) is 24.4 Å². The second-order valence-corrected chi connectivity index (χ2v) is 5.64. The zero-order valence-electron chi connectivity index (χ0n) is 10.6. The fraction of sp³-hybridized carbons (Fsp3) is 0.308. The third kappa shape index (κ3) is 3.08. The first kappa shape index (κ1) is 14.3. The summed E-state index contributed by atoms with van der Waals surface area (Å²) in [5.41, 5.74) is 6.77. The van der Waals surface area contributed by atoms with Gasteiger partial charge in [0.1, 0.15) is 5.82 Å². The first-order chi connectivity index (χ1) is 8.79. The number of hydrogen-bond acceptors (Lipinski definition) is 2. The van der Waals surface area contributed by atoms with Crippen molar-refractivity contribution in [1.29, 1.82) is 0 Å². The third-order valence-corrected chi connectivity index (χ3v) is 3.54. The summed E-state index contributed by atoms with van der Waals surface area (Å²) in [4.78, 5) is 0. The Kier molecular flexibility index (Phi) is 3.85. The summed E-state index contributed by atoms with van der Waals surface area (Å²) in [6, 6.07) is 4.52. The molecule has 1 unspecified atom stereocenters. The van der Waals surface area contributed by atoms with Crippen LogP contribution < -0.4 is 5.73 Å². The first-order valence-corrected chi connectivity index (χ1v) is 6.47. The van der Waals surface area contributed by atoms with Gasteiger partial charge in [0.2, 0.25) is 0 Å². The largest absolute Gasteiger partial charge is 0.321 e. The molecule has 0 bridgehead atoms. The second-order valence-electron chi connectivity index (χ2n) is 4.82. The van der Waals surface area contributed by atoms with E-state index in [4.69, 9.17) is 28.9 Å². The van der Waals surface area contributed by atoms with Gasteiger partial charge in [-0.15, -0.1) is 0 Å². The van der Waals surface area contributed by atoms with Crippen LogP contribution in [0.5, 0.6) is 0 Å². The molecule has 0 saturated carbocycles. The Bertz CT molecular complexity index is 608. The number of rotatable bonds is 3. The molecule has 0 spiro atoms. The van der Waals surface area contributed by atoms with Crippen molar-refractivity contribution < 1.29 is 4.39 Å². The Morgan fingerprint density at radius 2 is 2.05 bits per heavy atom. The van der Waals surface area contributed by atoms with Gasteiger partial charge in [0.15, 0.2) is 0 Å². The van der Waals surface area contributed by atoms with Gasteiger partial charge in [-0.3, -0.25) is 4.68 Å². The molecule has 19 heavy (non-hydrogen) atoms. The minimum absolute atomic E-state index is 0.0117. The molecule has 1 heterocycles. The number of hydrogen-bond donors (Lipinski definition) is 1. The molecule has 0 aliphatic carbocycles. The third-order valence-electron chi connectivity index (χ3n) is 2.94. The van der Waals surface area contributed by atoms with E-state index < -0.39 is 11.4 Å². The van der Waals surface area contributed by atoms with Crippen molar-refractivity contribution in [1.82, 2.24) is 9.78 Å². The molecule has 0 amide bonds. The zero-order chi connectivity index (χ0) is 14.2. The summed E-state index contributed by atoms with van der Waals surface area (Å²) >= 11 is 11.8. The molecule has 6 heteroatoms. The maximum atomic E-state index is 13.6. The standard InChI is InChI=1S/C13H14Cl2FN3/c1-13(17,7-8-3-4-19(2)18-8)9-5-12(16)11(15)6-10(9)14/h3-6H,7,17H2,1-2H3. The van der Waals surface area contributed by atoms with Crippen LogP contribution in [0.25, 0.3) is 0 Å². The molecule has 1 aromatic carbocycles. The molecule has 0 radical (unpaired) electrons. The molecular formula is C13H14Cl2FN3. The summed E-state index contributed by atoms with van der Waals surface area (Å²) < 4.78 is 15.3. The molecule has 1 atom stereocenters. The van der Waals surface area contributed by atoms with Crippen molar-refractivity contribution >= 4 is 23.2 Å². The van der Waals surface area contributed by atoms with Crippen LogP contribution in [0.1, 0.15) is 18.2 Å². The lowest BCUT2D eigenvalue weighted by Crippen LogP contribution is -2.36. The van der Waals surface area contributed by atoms with Crippen molar-refractivity contribution in [3.63, 3.8) is 0 Å². The van der Waals surface area contributed by atoms with E-state index in [0.717, 1.165) is 5.69 Å². The van der Waals surface area contributed by atoms with Gasteiger partial charge in [-0.05, 0) is 30.7 Å². The lowest BCUT2D eigenvalue weighted by molar-refractivity contribution is 0.477. The Balaban J connectivity index is 2.36. The quantitative estimate of drug-likeness (QED) is 0.884. The minimum Gasteiger partial charge on any atom is -0.321 e. The van der Waals surface area contributed by atoms with Gasteiger partial charge >= 0.3 is 0 Å².